The Morgan fingerprint density at radius 2 is 2.23 bits per heavy atom. The molecule has 0 unspecified atom stereocenters. The van der Waals surface area contributed by atoms with Gasteiger partial charge in [0.25, 0.3) is 0 Å². The van der Waals surface area contributed by atoms with Crippen molar-refractivity contribution in [3.8, 4) is 5.75 Å². The highest BCUT2D eigenvalue weighted by atomic mass is 35.5. The Labute approximate surface area is 83.3 Å². The van der Waals surface area contributed by atoms with Crippen molar-refractivity contribution >= 4 is 18.3 Å². The van der Waals surface area contributed by atoms with Crippen molar-refractivity contribution < 1.29 is 9.84 Å². The predicted octanol–water partition coefficient (Wildman–Crippen LogP) is 2.18. The van der Waals surface area contributed by atoms with Gasteiger partial charge in [0.2, 0.25) is 5.90 Å². The highest BCUT2D eigenvalue weighted by Crippen LogP contribution is 2.11. The van der Waals surface area contributed by atoms with E-state index in [0.717, 1.165) is 0 Å². The summed E-state index contributed by atoms with van der Waals surface area (Å²) < 4.78 is 4.96. The molecule has 72 valence electrons. The van der Waals surface area contributed by atoms with Crippen molar-refractivity contribution in [3.05, 3.63) is 29.8 Å². The SMILES string of the molecule is CCOC(=N)c1cccc(O)c1.Cl. The van der Waals surface area contributed by atoms with Crippen molar-refractivity contribution in [3.63, 3.8) is 0 Å². The molecule has 0 fully saturated rings. The Bertz CT molecular complexity index is 289. The maximum atomic E-state index is 9.08. The maximum Gasteiger partial charge on any atom is 0.213 e. The third-order valence-electron chi connectivity index (χ3n) is 1.40. The largest absolute Gasteiger partial charge is 0.508 e. The molecule has 0 radical (unpaired) electrons. The number of aromatic hydroxyl groups is 1. The fraction of sp³-hybridized carbons (Fsp3) is 0.222. The second kappa shape index (κ2) is 5.43. The Hall–Kier alpha value is -1.22. The number of benzene rings is 1. The van der Waals surface area contributed by atoms with Crippen LogP contribution in [0.4, 0.5) is 0 Å². The second-order valence-corrected chi connectivity index (χ2v) is 2.31. The molecule has 0 saturated carbocycles. The average Bonchev–Trinajstić information content (AvgIpc) is 2.05. The minimum absolute atomic E-state index is 0. The van der Waals surface area contributed by atoms with E-state index in [0.29, 0.717) is 12.2 Å². The lowest BCUT2D eigenvalue weighted by atomic mass is 10.2. The Kier molecular flexibility index (Phi) is 4.92. The smallest absolute Gasteiger partial charge is 0.213 e. The summed E-state index contributed by atoms with van der Waals surface area (Å²) in [7, 11) is 0. The molecule has 2 N–H and O–H groups in total. The second-order valence-electron chi connectivity index (χ2n) is 2.31. The molecule has 1 rings (SSSR count). The fourth-order valence-electron chi connectivity index (χ4n) is 0.875. The highest BCUT2D eigenvalue weighted by molar-refractivity contribution is 5.91. The van der Waals surface area contributed by atoms with E-state index in [4.69, 9.17) is 15.3 Å². The van der Waals surface area contributed by atoms with E-state index in [-0.39, 0.29) is 24.1 Å². The van der Waals surface area contributed by atoms with E-state index in [1.54, 1.807) is 18.2 Å². The van der Waals surface area contributed by atoms with Crippen LogP contribution in [0, 0.1) is 5.41 Å². The van der Waals surface area contributed by atoms with Crippen LogP contribution in [-0.2, 0) is 4.74 Å². The zero-order chi connectivity index (χ0) is 8.97. The van der Waals surface area contributed by atoms with Gasteiger partial charge in [0.1, 0.15) is 5.75 Å². The lowest BCUT2D eigenvalue weighted by Gasteiger charge is -2.04. The Balaban J connectivity index is 0.00000144. The zero-order valence-electron chi connectivity index (χ0n) is 7.28. The highest BCUT2D eigenvalue weighted by Gasteiger charge is 2.00. The van der Waals surface area contributed by atoms with Crippen LogP contribution >= 0.6 is 12.4 Å². The summed E-state index contributed by atoms with van der Waals surface area (Å²) in [4.78, 5) is 0. The Morgan fingerprint density at radius 3 is 2.77 bits per heavy atom. The van der Waals surface area contributed by atoms with Gasteiger partial charge < -0.3 is 9.84 Å². The number of halogens is 1. The predicted molar refractivity (Wildman–Crippen MR) is 53.8 cm³/mol. The minimum atomic E-state index is 0. The molecule has 1 aromatic rings. The van der Waals surface area contributed by atoms with Crippen molar-refractivity contribution in [1.82, 2.24) is 0 Å². The number of phenols is 1. The van der Waals surface area contributed by atoms with Gasteiger partial charge in [0.15, 0.2) is 0 Å². The lowest BCUT2D eigenvalue weighted by Crippen LogP contribution is -2.03. The molecule has 3 nitrogen and oxygen atoms in total. The zero-order valence-corrected chi connectivity index (χ0v) is 8.10. The van der Waals surface area contributed by atoms with Gasteiger partial charge in [0.05, 0.1) is 6.61 Å². The van der Waals surface area contributed by atoms with Gasteiger partial charge in [-0.05, 0) is 25.1 Å². The molecule has 0 aliphatic heterocycles. The number of ether oxygens (including phenoxy) is 1. The number of phenolic OH excluding ortho intramolecular Hbond substituents is 1. The molecule has 0 atom stereocenters. The molecular weight excluding hydrogens is 190 g/mol. The van der Waals surface area contributed by atoms with E-state index in [2.05, 4.69) is 0 Å². The molecule has 0 aliphatic rings. The first-order valence-electron chi connectivity index (χ1n) is 3.74. The molecule has 0 amide bonds. The summed E-state index contributed by atoms with van der Waals surface area (Å²) in [6.07, 6.45) is 0. The summed E-state index contributed by atoms with van der Waals surface area (Å²) in [5.74, 6) is 0.241. The number of hydrogen-bond donors (Lipinski definition) is 2. The number of rotatable bonds is 2. The van der Waals surface area contributed by atoms with E-state index >= 15 is 0 Å². The van der Waals surface area contributed by atoms with E-state index in [9.17, 15) is 0 Å². The van der Waals surface area contributed by atoms with Crippen molar-refractivity contribution in [2.45, 2.75) is 6.92 Å². The van der Waals surface area contributed by atoms with Crippen LogP contribution in [0.15, 0.2) is 24.3 Å². The van der Waals surface area contributed by atoms with Gasteiger partial charge in [0, 0.05) is 5.56 Å². The van der Waals surface area contributed by atoms with Gasteiger partial charge in [-0.1, -0.05) is 6.07 Å². The first kappa shape index (κ1) is 11.8. The molecular formula is C9H12ClNO2. The topological polar surface area (TPSA) is 53.3 Å². The molecule has 1 aromatic carbocycles. The first-order chi connectivity index (χ1) is 5.74. The first-order valence-corrected chi connectivity index (χ1v) is 3.74. The number of nitrogens with one attached hydrogen (secondary N) is 1. The molecule has 0 saturated heterocycles. The summed E-state index contributed by atoms with van der Waals surface area (Å²) in [5.41, 5.74) is 0.594. The standard InChI is InChI=1S/C9H11NO2.ClH/c1-2-12-9(10)7-4-3-5-8(11)6-7;/h3-6,10-11H,2H2,1H3;1H. The summed E-state index contributed by atoms with van der Waals surface area (Å²) >= 11 is 0. The van der Waals surface area contributed by atoms with E-state index in [1.807, 2.05) is 6.92 Å². The maximum absolute atomic E-state index is 9.08. The van der Waals surface area contributed by atoms with Crippen molar-refractivity contribution in [2.24, 2.45) is 0 Å². The van der Waals surface area contributed by atoms with Gasteiger partial charge >= 0.3 is 0 Å². The summed E-state index contributed by atoms with van der Waals surface area (Å²) in [6, 6.07) is 6.46. The van der Waals surface area contributed by atoms with Gasteiger partial charge in [-0.2, -0.15) is 0 Å². The third-order valence-corrected chi connectivity index (χ3v) is 1.40. The summed E-state index contributed by atoms with van der Waals surface area (Å²) in [5, 5.41) is 16.5. The molecule has 0 spiro atoms. The summed E-state index contributed by atoms with van der Waals surface area (Å²) in [6.45, 7) is 2.28. The van der Waals surface area contributed by atoms with Crippen LogP contribution in [0.25, 0.3) is 0 Å². The normalized spacial score (nSPS) is 8.69. The average molecular weight is 202 g/mol. The van der Waals surface area contributed by atoms with Crippen molar-refractivity contribution in [1.29, 1.82) is 5.41 Å². The van der Waals surface area contributed by atoms with Crippen molar-refractivity contribution in [2.75, 3.05) is 6.61 Å². The van der Waals surface area contributed by atoms with Crippen LogP contribution in [0.3, 0.4) is 0 Å². The van der Waals surface area contributed by atoms with Crippen LogP contribution in [0.1, 0.15) is 12.5 Å². The molecule has 0 aliphatic carbocycles. The van der Waals surface area contributed by atoms with Gasteiger partial charge in [-0.3, -0.25) is 5.41 Å². The molecule has 0 heterocycles. The van der Waals surface area contributed by atoms with Crippen LogP contribution < -0.4 is 0 Å². The van der Waals surface area contributed by atoms with E-state index in [1.165, 1.54) is 6.07 Å². The van der Waals surface area contributed by atoms with E-state index < -0.39 is 0 Å². The van der Waals surface area contributed by atoms with Gasteiger partial charge in [-0.25, -0.2) is 0 Å². The quantitative estimate of drug-likeness (QED) is 0.569. The fourth-order valence-corrected chi connectivity index (χ4v) is 0.875. The van der Waals surface area contributed by atoms with Crippen LogP contribution in [0.5, 0.6) is 5.75 Å². The molecule has 0 bridgehead atoms. The van der Waals surface area contributed by atoms with Crippen LogP contribution in [0.2, 0.25) is 0 Å². The minimum Gasteiger partial charge on any atom is -0.508 e. The number of hydrogen-bond acceptors (Lipinski definition) is 3. The Morgan fingerprint density at radius 1 is 1.54 bits per heavy atom. The molecule has 13 heavy (non-hydrogen) atoms. The third kappa shape index (κ3) is 3.34. The lowest BCUT2D eigenvalue weighted by molar-refractivity contribution is 0.325. The van der Waals surface area contributed by atoms with Crippen LogP contribution in [-0.4, -0.2) is 17.6 Å². The van der Waals surface area contributed by atoms with Gasteiger partial charge in [-0.15, -0.1) is 12.4 Å². The molecule has 4 heteroatoms. The monoisotopic (exact) mass is 201 g/mol. The molecule has 0 aromatic heterocycles.